The number of halogens is 1. The lowest BCUT2D eigenvalue weighted by molar-refractivity contribution is 0.608. The molecule has 2 rings (SSSR count). The molecule has 0 atom stereocenters. The predicted octanol–water partition coefficient (Wildman–Crippen LogP) is 4.25. The van der Waals surface area contributed by atoms with Crippen molar-refractivity contribution in [2.45, 2.75) is 19.8 Å². The molecule has 0 aliphatic rings. The fraction of sp³-hybridized carbons (Fsp3) is 0.200. The molecular weight excluding hydrogens is 199 g/mol. The first-order chi connectivity index (χ1) is 7.81. The lowest BCUT2D eigenvalue weighted by Crippen LogP contribution is -1.90. The number of benzene rings is 2. The SMILES string of the molecule is CCCc1ccc(-c2cc[c]cc2)cc1F. The molecule has 0 heterocycles. The van der Waals surface area contributed by atoms with Crippen LogP contribution in [0.25, 0.3) is 11.1 Å². The van der Waals surface area contributed by atoms with E-state index in [0.29, 0.717) is 0 Å². The summed E-state index contributed by atoms with van der Waals surface area (Å²) in [4.78, 5) is 0. The first kappa shape index (κ1) is 10.9. The van der Waals surface area contributed by atoms with Gasteiger partial charge in [0.05, 0.1) is 0 Å². The molecule has 0 fully saturated rings. The van der Waals surface area contributed by atoms with Crippen LogP contribution in [0.4, 0.5) is 4.39 Å². The minimum atomic E-state index is -0.104. The van der Waals surface area contributed by atoms with Crippen molar-refractivity contribution >= 4 is 0 Å². The summed E-state index contributed by atoms with van der Waals surface area (Å²) in [5.74, 6) is -0.104. The second-order valence-electron chi connectivity index (χ2n) is 3.84. The van der Waals surface area contributed by atoms with E-state index in [9.17, 15) is 4.39 Å². The van der Waals surface area contributed by atoms with E-state index in [0.717, 1.165) is 29.5 Å². The van der Waals surface area contributed by atoms with Gasteiger partial charge in [0.2, 0.25) is 0 Å². The Kier molecular flexibility index (Phi) is 3.35. The van der Waals surface area contributed by atoms with Crippen LogP contribution in [0.5, 0.6) is 0 Å². The highest BCUT2D eigenvalue weighted by molar-refractivity contribution is 5.63. The highest BCUT2D eigenvalue weighted by Gasteiger charge is 2.03. The Hall–Kier alpha value is -1.63. The summed E-state index contributed by atoms with van der Waals surface area (Å²) in [6.45, 7) is 2.06. The molecule has 0 unspecified atom stereocenters. The molecule has 2 aromatic carbocycles. The van der Waals surface area contributed by atoms with Gasteiger partial charge in [-0.05, 0) is 35.2 Å². The van der Waals surface area contributed by atoms with Gasteiger partial charge in [-0.25, -0.2) is 4.39 Å². The van der Waals surface area contributed by atoms with E-state index in [1.807, 2.05) is 36.4 Å². The molecule has 0 saturated carbocycles. The van der Waals surface area contributed by atoms with E-state index < -0.39 is 0 Å². The van der Waals surface area contributed by atoms with E-state index in [2.05, 4.69) is 13.0 Å². The van der Waals surface area contributed by atoms with Crippen molar-refractivity contribution in [3.63, 3.8) is 0 Å². The first-order valence-corrected chi connectivity index (χ1v) is 5.56. The van der Waals surface area contributed by atoms with E-state index in [1.54, 1.807) is 6.07 Å². The third-order valence-corrected chi connectivity index (χ3v) is 2.62. The van der Waals surface area contributed by atoms with E-state index in [1.165, 1.54) is 0 Å². The van der Waals surface area contributed by atoms with Crippen LogP contribution in [0.1, 0.15) is 18.9 Å². The van der Waals surface area contributed by atoms with Crippen LogP contribution in [0.3, 0.4) is 0 Å². The van der Waals surface area contributed by atoms with Gasteiger partial charge in [0.25, 0.3) is 0 Å². The molecule has 81 valence electrons. The van der Waals surface area contributed by atoms with Crippen molar-refractivity contribution in [3.05, 3.63) is 59.9 Å². The van der Waals surface area contributed by atoms with Gasteiger partial charge in [-0.3, -0.25) is 0 Å². The minimum absolute atomic E-state index is 0.104. The molecule has 16 heavy (non-hydrogen) atoms. The normalized spacial score (nSPS) is 10.4. The van der Waals surface area contributed by atoms with Crippen LogP contribution in [0.15, 0.2) is 42.5 Å². The highest BCUT2D eigenvalue weighted by atomic mass is 19.1. The van der Waals surface area contributed by atoms with Crippen LogP contribution in [0.2, 0.25) is 0 Å². The molecule has 0 aliphatic heterocycles. The molecule has 0 amide bonds. The summed E-state index contributed by atoms with van der Waals surface area (Å²) in [6, 6.07) is 16.0. The van der Waals surface area contributed by atoms with Gasteiger partial charge in [-0.15, -0.1) is 0 Å². The molecule has 0 bridgehead atoms. The summed E-state index contributed by atoms with van der Waals surface area (Å²) in [6.07, 6.45) is 1.77. The van der Waals surface area contributed by atoms with E-state index in [4.69, 9.17) is 0 Å². The topological polar surface area (TPSA) is 0 Å². The van der Waals surface area contributed by atoms with Crippen LogP contribution < -0.4 is 0 Å². The fourth-order valence-corrected chi connectivity index (χ4v) is 1.78. The summed E-state index contributed by atoms with van der Waals surface area (Å²) in [5, 5.41) is 0. The zero-order chi connectivity index (χ0) is 11.4. The molecule has 0 N–H and O–H groups in total. The van der Waals surface area contributed by atoms with Gasteiger partial charge in [0.1, 0.15) is 5.82 Å². The maximum atomic E-state index is 13.7. The summed E-state index contributed by atoms with van der Waals surface area (Å²) < 4.78 is 13.7. The van der Waals surface area contributed by atoms with Crippen molar-refractivity contribution in [3.8, 4) is 11.1 Å². The average molecular weight is 213 g/mol. The molecule has 0 spiro atoms. The second kappa shape index (κ2) is 4.93. The van der Waals surface area contributed by atoms with Crippen molar-refractivity contribution in [1.82, 2.24) is 0 Å². The van der Waals surface area contributed by atoms with Crippen LogP contribution in [-0.4, -0.2) is 0 Å². The van der Waals surface area contributed by atoms with Gasteiger partial charge in [0, 0.05) is 0 Å². The van der Waals surface area contributed by atoms with Crippen LogP contribution in [0, 0.1) is 11.9 Å². The highest BCUT2D eigenvalue weighted by Crippen LogP contribution is 2.22. The van der Waals surface area contributed by atoms with E-state index in [-0.39, 0.29) is 5.82 Å². The second-order valence-corrected chi connectivity index (χ2v) is 3.84. The molecule has 0 saturated heterocycles. The summed E-state index contributed by atoms with van der Waals surface area (Å²) in [7, 11) is 0. The standard InChI is InChI=1S/C15H14F/c1-2-6-13-9-10-14(11-15(13)16)12-7-4-3-5-8-12/h4-5,7-11H,2,6H2,1H3. The third kappa shape index (κ3) is 2.30. The molecule has 0 aliphatic carbocycles. The lowest BCUT2D eigenvalue weighted by Gasteiger charge is -2.05. The Balaban J connectivity index is 2.35. The van der Waals surface area contributed by atoms with Crippen LogP contribution >= 0.6 is 0 Å². The average Bonchev–Trinajstić information content (AvgIpc) is 2.33. The van der Waals surface area contributed by atoms with Gasteiger partial charge in [0.15, 0.2) is 0 Å². The molecule has 0 nitrogen and oxygen atoms in total. The number of hydrogen-bond donors (Lipinski definition) is 0. The Morgan fingerprint density at radius 3 is 2.44 bits per heavy atom. The van der Waals surface area contributed by atoms with Crippen LogP contribution in [-0.2, 0) is 6.42 Å². The van der Waals surface area contributed by atoms with Crippen molar-refractivity contribution in [1.29, 1.82) is 0 Å². The molecule has 0 aromatic heterocycles. The van der Waals surface area contributed by atoms with Crippen molar-refractivity contribution in [2.24, 2.45) is 0 Å². The Morgan fingerprint density at radius 2 is 1.81 bits per heavy atom. The van der Waals surface area contributed by atoms with Gasteiger partial charge in [-0.1, -0.05) is 49.7 Å². The van der Waals surface area contributed by atoms with Crippen molar-refractivity contribution in [2.75, 3.05) is 0 Å². The maximum absolute atomic E-state index is 13.7. The molecule has 2 aromatic rings. The van der Waals surface area contributed by atoms with Gasteiger partial charge < -0.3 is 0 Å². The minimum Gasteiger partial charge on any atom is -0.207 e. The largest absolute Gasteiger partial charge is 0.207 e. The summed E-state index contributed by atoms with van der Waals surface area (Å²) >= 11 is 0. The Bertz CT molecular complexity index is 460. The van der Waals surface area contributed by atoms with E-state index >= 15 is 0 Å². The van der Waals surface area contributed by atoms with Crippen molar-refractivity contribution < 1.29 is 4.39 Å². The van der Waals surface area contributed by atoms with Gasteiger partial charge >= 0.3 is 0 Å². The fourth-order valence-electron chi connectivity index (χ4n) is 1.78. The smallest absolute Gasteiger partial charge is 0.127 e. The zero-order valence-electron chi connectivity index (χ0n) is 9.33. The summed E-state index contributed by atoms with van der Waals surface area (Å²) in [5.41, 5.74) is 2.75. The molecular formula is C15H14F. The zero-order valence-corrected chi connectivity index (χ0v) is 9.33. The number of aryl methyl sites for hydroxylation is 1. The quantitative estimate of drug-likeness (QED) is 0.715. The third-order valence-electron chi connectivity index (χ3n) is 2.62. The monoisotopic (exact) mass is 213 g/mol. The maximum Gasteiger partial charge on any atom is 0.127 e. The predicted molar refractivity (Wildman–Crippen MR) is 64.7 cm³/mol. The molecule has 1 heteroatoms. The lowest BCUT2D eigenvalue weighted by atomic mass is 10.0. The molecule has 1 radical (unpaired) electrons. The first-order valence-electron chi connectivity index (χ1n) is 5.56. The van der Waals surface area contributed by atoms with Gasteiger partial charge in [-0.2, -0.15) is 0 Å². The number of hydrogen-bond acceptors (Lipinski definition) is 0. The Morgan fingerprint density at radius 1 is 1.06 bits per heavy atom. The number of rotatable bonds is 3. The Labute approximate surface area is 95.7 Å².